The third-order valence-electron chi connectivity index (χ3n) is 5.28. The van der Waals surface area contributed by atoms with Crippen LogP contribution in [0.5, 0.6) is 0 Å². The zero-order chi connectivity index (χ0) is 24.6. The molecule has 3 aromatic carbocycles. The van der Waals surface area contributed by atoms with Crippen LogP contribution in [0.15, 0.2) is 94.9 Å². The average molecular weight is 496 g/mol. The fourth-order valence-corrected chi connectivity index (χ4v) is 5.78. The van der Waals surface area contributed by atoms with Crippen molar-refractivity contribution in [1.29, 1.82) is 0 Å². The molecule has 2 N–H and O–H groups in total. The van der Waals surface area contributed by atoms with Gasteiger partial charge in [-0.3, -0.25) is 14.4 Å². The second-order valence-electron chi connectivity index (χ2n) is 8.90. The lowest BCUT2D eigenvalue weighted by atomic mass is 9.87. The van der Waals surface area contributed by atoms with Gasteiger partial charge in [-0.05, 0) is 53.4 Å². The summed E-state index contributed by atoms with van der Waals surface area (Å²) >= 11 is 0. The molecule has 7 nitrogen and oxygen atoms in total. The maximum atomic E-state index is 13.1. The summed E-state index contributed by atoms with van der Waals surface area (Å²) in [5.41, 5.74) is 1.73. The first-order chi connectivity index (χ1) is 16.0. The van der Waals surface area contributed by atoms with E-state index in [2.05, 4.69) is 35.2 Å². The van der Waals surface area contributed by atoms with E-state index >= 15 is 0 Å². The lowest BCUT2D eigenvalue weighted by molar-refractivity contribution is 0.587. The molecule has 0 radical (unpaired) electrons. The van der Waals surface area contributed by atoms with Gasteiger partial charge in [-0.15, -0.1) is 0 Å². The Hall–Kier alpha value is -3.43. The second-order valence-corrected chi connectivity index (χ2v) is 12.2. The highest BCUT2D eigenvalue weighted by Crippen LogP contribution is 2.27. The van der Waals surface area contributed by atoms with E-state index in [-0.39, 0.29) is 26.6 Å². The summed E-state index contributed by atoms with van der Waals surface area (Å²) in [6, 6.07) is 21.2. The van der Waals surface area contributed by atoms with Gasteiger partial charge in [0.05, 0.1) is 21.8 Å². The summed E-state index contributed by atoms with van der Waals surface area (Å²) in [6.07, 6.45) is 1.53. The number of anilines is 2. The Balaban J connectivity index is 1.58. The second kappa shape index (κ2) is 8.73. The minimum absolute atomic E-state index is 0.0375. The maximum Gasteiger partial charge on any atom is 0.264 e. The quantitative estimate of drug-likeness (QED) is 0.386. The van der Waals surface area contributed by atoms with Gasteiger partial charge in [0.15, 0.2) is 0 Å². The molecule has 9 heteroatoms. The van der Waals surface area contributed by atoms with Gasteiger partial charge in [0, 0.05) is 11.6 Å². The van der Waals surface area contributed by atoms with Crippen molar-refractivity contribution in [3.05, 3.63) is 90.6 Å². The van der Waals surface area contributed by atoms with E-state index in [1.807, 2.05) is 0 Å². The van der Waals surface area contributed by atoms with Gasteiger partial charge in [-0.25, -0.2) is 16.8 Å². The van der Waals surface area contributed by atoms with Crippen LogP contribution in [0.25, 0.3) is 10.9 Å². The third-order valence-corrected chi connectivity index (χ3v) is 8.09. The molecule has 176 valence electrons. The number of hydrogen-bond acceptors (Lipinski definition) is 5. The molecular formula is C25H25N3O4S2. The normalized spacial score (nSPS) is 12.4. The van der Waals surface area contributed by atoms with Crippen LogP contribution in [0.2, 0.25) is 0 Å². The zero-order valence-electron chi connectivity index (χ0n) is 19.0. The Morgan fingerprint density at radius 3 is 1.94 bits per heavy atom. The highest BCUT2D eigenvalue weighted by atomic mass is 32.2. The van der Waals surface area contributed by atoms with Crippen LogP contribution in [0.3, 0.4) is 0 Å². The molecule has 0 bridgehead atoms. The number of aromatic nitrogens is 1. The Labute approximate surface area is 200 Å². The molecule has 0 atom stereocenters. The van der Waals surface area contributed by atoms with Gasteiger partial charge in [0.25, 0.3) is 20.0 Å². The summed E-state index contributed by atoms with van der Waals surface area (Å²) in [5.74, 6) is 0. The number of pyridine rings is 1. The number of benzene rings is 3. The van der Waals surface area contributed by atoms with Gasteiger partial charge in [0.2, 0.25) is 0 Å². The SMILES string of the molecule is CC(C)(C)c1ccc(S(=O)(=O)Nc2cccc(NS(=O)(=O)c3cccc4cccnc34)c2)cc1. The van der Waals surface area contributed by atoms with Crippen molar-refractivity contribution in [1.82, 2.24) is 4.98 Å². The summed E-state index contributed by atoms with van der Waals surface area (Å²) in [6.45, 7) is 6.15. The Kier molecular flexibility index (Phi) is 6.09. The van der Waals surface area contributed by atoms with Crippen LogP contribution < -0.4 is 9.44 Å². The molecule has 0 aliphatic heterocycles. The van der Waals surface area contributed by atoms with Crippen molar-refractivity contribution in [2.75, 3.05) is 9.44 Å². The van der Waals surface area contributed by atoms with E-state index in [0.29, 0.717) is 10.9 Å². The first-order valence-electron chi connectivity index (χ1n) is 10.6. The Morgan fingerprint density at radius 2 is 1.29 bits per heavy atom. The van der Waals surface area contributed by atoms with Crippen LogP contribution in [0, 0.1) is 0 Å². The monoisotopic (exact) mass is 495 g/mol. The van der Waals surface area contributed by atoms with Gasteiger partial charge in [-0.2, -0.15) is 0 Å². The van der Waals surface area contributed by atoms with E-state index in [1.165, 1.54) is 18.3 Å². The van der Waals surface area contributed by atoms with Crippen molar-refractivity contribution in [2.24, 2.45) is 0 Å². The number of hydrogen-bond donors (Lipinski definition) is 2. The predicted octanol–water partition coefficient (Wildman–Crippen LogP) is 5.13. The number of sulfonamides is 2. The molecular weight excluding hydrogens is 470 g/mol. The van der Waals surface area contributed by atoms with Crippen molar-refractivity contribution in [2.45, 2.75) is 36.0 Å². The Morgan fingerprint density at radius 1 is 0.706 bits per heavy atom. The lowest BCUT2D eigenvalue weighted by Gasteiger charge is -2.19. The fraction of sp³-hybridized carbons (Fsp3) is 0.160. The predicted molar refractivity (Wildman–Crippen MR) is 135 cm³/mol. The molecule has 4 rings (SSSR count). The van der Waals surface area contributed by atoms with Crippen LogP contribution in [0.1, 0.15) is 26.3 Å². The molecule has 0 aliphatic rings. The van der Waals surface area contributed by atoms with Gasteiger partial charge < -0.3 is 0 Å². The van der Waals surface area contributed by atoms with Crippen LogP contribution >= 0.6 is 0 Å². The van der Waals surface area contributed by atoms with E-state index in [4.69, 9.17) is 0 Å². The number of fused-ring (bicyclic) bond motifs is 1. The molecule has 1 heterocycles. The lowest BCUT2D eigenvalue weighted by Crippen LogP contribution is -2.16. The average Bonchev–Trinajstić information content (AvgIpc) is 2.78. The standard InChI is InChI=1S/C25H25N3O4S2/c1-25(2,3)19-12-14-22(15-13-19)33(29,30)27-20-9-5-10-21(17-20)28-34(31,32)23-11-4-7-18-8-6-16-26-24(18)23/h4-17,27-28H,1-3H3. The topological polar surface area (TPSA) is 105 Å². The molecule has 0 amide bonds. The highest BCUT2D eigenvalue weighted by molar-refractivity contribution is 7.93. The van der Waals surface area contributed by atoms with Gasteiger partial charge >= 0.3 is 0 Å². The highest BCUT2D eigenvalue weighted by Gasteiger charge is 2.20. The van der Waals surface area contributed by atoms with Gasteiger partial charge in [0.1, 0.15) is 4.90 Å². The van der Waals surface area contributed by atoms with Crippen molar-refractivity contribution in [3.63, 3.8) is 0 Å². The minimum atomic E-state index is -3.96. The molecule has 0 spiro atoms. The smallest absolute Gasteiger partial charge is 0.264 e. The first-order valence-corrected chi connectivity index (χ1v) is 13.5. The zero-order valence-corrected chi connectivity index (χ0v) is 20.6. The maximum absolute atomic E-state index is 13.1. The largest absolute Gasteiger partial charge is 0.280 e. The van der Waals surface area contributed by atoms with Crippen LogP contribution in [-0.2, 0) is 25.5 Å². The Bertz CT molecular complexity index is 1550. The van der Waals surface area contributed by atoms with E-state index in [0.717, 1.165) is 5.56 Å². The molecule has 0 saturated carbocycles. The van der Waals surface area contributed by atoms with Crippen molar-refractivity contribution < 1.29 is 16.8 Å². The van der Waals surface area contributed by atoms with Gasteiger partial charge in [-0.1, -0.05) is 57.2 Å². The molecule has 1 aromatic heterocycles. The molecule has 0 unspecified atom stereocenters. The first kappa shape index (κ1) is 23.7. The molecule has 34 heavy (non-hydrogen) atoms. The van der Waals surface area contributed by atoms with E-state index < -0.39 is 20.0 Å². The summed E-state index contributed by atoms with van der Waals surface area (Å²) in [5, 5.41) is 0.698. The molecule has 4 aromatic rings. The van der Waals surface area contributed by atoms with Crippen molar-refractivity contribution >= 4 is 42.3 Å². The number of nitrogens with one attached hydrogen (secondary N) is 2. The number of rotatable bonds is 6. The van der Waals surface area contributed by atoms with Crippen LogP contribution in [-0.4, -0.2) is 21.8 Å². The summed E-state index contributed by atoms with van der Waals surface area (Å²) < 4.78 is 56.9. The summed E-state index contributed by atoms with van der Waals surface area (Å²) in [7, 11) is -7.82. The number of para-hydroxylation sites is 1. The van der Waals surface area contributed by atoms with Crippen LogP contribution in [0.4, 0.5) is 11.4 Å². The third kappa shape index (κ3) is 5.05. The molecule has 0 saturated heterocycles. The fourth-order valence-electron chi connectivity index (χ4n) is 3.50. The number of nitrogens with zero attached hydrogens (tertiary/aromatic N) is 1. The van der Waals surface area contributed by atoms with E-state index in [1.54, 1.807) is 66.7 Å². The minimum Gasteiger partial charge on any atom is -0.280 e. The van der Waals surface area contributed by atoms with Crippen molar-refractivity contribution in [3.8, 4) is 0 Å². The summed E-state index contributed by atoms with van der Waals surface area (Å²) in [4.78, 5) is 4.36. The van der Waals surface area contributed by atoms with E-state index in [9.17, 15) is 16.8 Å². The molecule has 0 aliphatic carbocycles. The molecule has 0 fully saturated rings.